The minimum absolute atomic E-state index is 0.0136. The summed E-state index contributed by atoms with van der Waals surface area (Å²) in [5.74, 6) is -1.26. The highest BCUT2D eigenvalue weighted by Crippen LogP contribution is 2.19. The minimum atomic E-state index is -3.16. The van der Waals surface area contributed by atoms with Gasteiger partial charge in [0.15, 0.2) is 9.84 Å². The van der Waals surface area contributed by atoms with E-state index in [2.05, 4.69) is 0 Å². The molecule has 1 saturated heterocycles. The molecular formula is C12H22N2O5S. The predicted molar refractivity (Wildman–Crippen MR) is 74.3 cm³/mol. The van der Waals surface area contributed by atoms with E-state index in [0.717, 1.165) is 12.8 Å². The molecule has 1 aliphatic rings. The first kappa shape index (κ1) is 16.7. The molecule has 1 N–H and O–H groups in total. The number of aliphatic carboxylic acids is 1. The van der Waals surface area contributed by atoms with Crippen molar-refractivity contribution >= 4 is 21.8 Å². The maximum atomic E-state index is 12.3. The van der Waals surface area contributed by atoms with Gasteiger partial charge in [-0.25, -0.2) is 13.2 Å². The Hall–Kier alpha value is -1.31. The van der Waals surface area contributed by atoms with Gasteiger partial charge in [0.25, 0.3) is 0 Å². The molecular weight excluding hydrogens is 284 g/mol. The second kappa shape index (κ2) is 6.92. The molecule has 0 spiro atoms. The number of unbranched alkanes of at least 4 members (excludes halogenated alkanes) is 1. The fraction of sp³-hybridized carbons (Fsp3) is 0.833. The van der Waals surface area contributed by atoms with Crippen LogP contribution in [0.5, 0.6) is 0 Å². The van der Waals surface area contributed by atoms with E-state index in [-0.39, 0.29) is 11.5 Å². The van der Waals surface area contributed by atoms with Crippen LogP contribution in [-0.2, 0) is 14.6 Å². The van der Waals surface area contributed by atoms with Crippen LogP contribution in [0.25, 0.3) is 0 Å². The van der Waals surface area contributed by atoms with Crippen molar-refractivity contribution in [1.29, 1.82) is 0 Å². The van der Waals surface area contributed by atoms with Crippen LogP contribution in [0.1, 0.15) is 26.2 Å². The lowest BCUT2D eigenvalue weighted by atomic mass is 10.2. The molecule has 0 saturated carbocycles. The molecule has 0 aliphatic carbocycles. The summed E-state index contributed by atoms with van der Waals surface area (Å²) in [4.78, 5) is 25.8. The number of carbonyl (C=O) groups is 2. The molecule has 116 valence electrons. The standard InChI is InChI=1S/C12H22N2O5S/c1-3-4-6-13(2)12(17)14(8-11(15)16)10-5-7-20(18,19)9-10/h10H,3-9H2,1-2H3,(H,15,16). The Balaban J connectivity index is 2.78. The van der Waals surface area contributed by atoms with Gasteiger partial charge >= 0.3 is 12.0 Å². The Morgan fingerprint density at radius 1 is 1.35 bits per heavy atom. The van der Waals surface area contributed by atoms with Crippen molar-refractivity contribution in [3.63, 3.8) is 0 Å². The van der Waals surface area contributed by atoms with Crippen molar-refractivity contribution in [2.75, 3.05) is 31.6 Å². The van der Waals surface area contributed by atoms with Crippen molar-refractivity contribution < 1.29 is 23.1 Å². The van der Waals surface area contributed by atoms with Gasteiger partial charge in [0, 0.05) is 19.6 Å². The number of carbonyl (C=O) groups excluding carboxylic acids is 1. The van der Waals surface area contributed by atoms with Gasteiger partial charge in [0.1, 0.15) is 6.54 Å². The Morgan fingerprint density at radius 3 is 2.45 bits per heavy atom. The molecule has 0 aromatic rings. The summed E-state index contributed by atoms with van der Waals surface area (Å²) in [7, 11) is -1.55. The molecule has 7 nitrogen and oxygen atoms in total. The minimum Gasteiger partial charge on any atom is -0.480 e. The highest BCUT2D eigenvalue weighted by Gasteiger charge is 2.36. The zero-order valence-electron chi connectivity index (χ0n) is 11.9. The molecule has 1 atom stereocenters. The molecule has 1 aliphatic heterocycles. The third kappa shape index (κ3) is 4.66. The number of amides is 2. The molecule has 0 bridgehead atoms. The third-order valence-electron chi connectivity index (χ3n) is 3.37. The Morgan fingerprint density at radius 2 is 2.00 bits per heavy atom. The van der Waals surface area contributed by atoms with Crippen molar-refractivity contribution in [2.24, 2.45) is 0 Å². The number of hydrogen-bond acceptors (Lipinski definition) is 4. The fourth-order valence-corrected chi connectivity index (χ4v) is 3.96. The Kier molecular flexibility index (Phi) is 5.79. The maximum absolute atomic E-state index is 12.3. The first-order valence-electron chi connectivity index (χ1n) is 6.70. The van der Waals surface area contributed by atoms with E-state index in [1.807, 2.05) is 6.92 Å². The molecule has 0 radical (unpaired) electrons. The van der Waals surface area contributed by atoms with Crippen LogP contribution in [0.15, 0.2) is 0 Å². The SMILES string of the molecule is CCCCN(C)C(=O)N(CC(=O)O)C1CCS(=O)(=O)C1. The summed E-state index contributed by atoms with van der Waals surface area (Å²) in [6.45, 7) is 2.07. The van der Waals surface area contributed by atoms with Gasteiger partial charge in [-0.2, -0.15) is 0 Å². The second-order valence-corrected chi connectivity index (χ2v) is 7.36. The lowest BCUT2D eigenvalue weighted by Gasteiger charge is -2.31. The van der Waals surface area contributed by atoms with E-state index in [1.165, 1.54) is 9.80 Å². The number of carboxylic acid groups (broad SMARTS) is 1. The number of nitrogens with zero attached hydrogens (tertiary/aromatic N) is 2. The van der Waals surface area contributed by atoms with E-state index in [9.17, 15) is 18.0 Å². The summed E-state index contributed by atoms with van der Waals surface area (Å²) in [5.41, 5.74) is 0. The number of hydrogen-bond donors (Lipinski definition) is 1. The zero-order valence-corrected chi connectivity index (χ0v) is 12.7. The monoisotopic (exact) mass is 306 g/mol. The number of carboxylic acids is 1. The maximum Gasteiger partial charge on any atom is 0.323 e. The number of sulfone groups is 1. The van der Waals surface area contributed by atoms with Crippen LogP contribution in [-0.4, -0.2) is 73.0 Å². The zero-order chi connectivity index (χ0) is 15.3. The Bertz CT molecular complexity index is 462. The van der Waals surface area contributed by atoms with Crippen LogP contribution in [0, 0.1) is 0 Å². The lowest BCUT2D eigenvalue weighted by molar-refractivity contribution is -0.138. The predicted octanol–water partition coefficient (Wildman–Crippen LogP) is 0.412. The molecule has 1 unspecified atom stereocenters. The quantitative estimate of drug-likeness (QED) is 0.767. The summed E-state index contributed by atoms with van der Waals surface area (Å²) in [5, 5.41) is 8.92. The van der Waals surface area contributed by atoms with Crippen molar-refractivity contribution in [3.05, 3.63) is 0 Å². The average Bonchev–Trinajstić information content (AvgIpc) is 2.72. The fourth-order valence-electron chi connectivity index (χ4n) is 2.23. The molecule has 1 heterocycles. The van der Waals surface area contributed by atoms with E-state index in [4.69, 9.17) is 5.11 Å². The summed E-state index contributed by atoms with van der Waals surface area (Å²) in [6, 6.07) is -0.948. The first-order chi connectivity index (χ1) is 9.26. The normalized spacial score (nSPS) is 20.6. The Labute approximate surface area is 119 Å². The van der Waals surface area contributed by atoms with E-state index < -0.39 is 34.4 Å². The molecule has 0 aromatic heterocycles. The van der Waals surface area contributed by atoms with E-state index >= 15 is 0 Å². The van der Waals surface area contributed by atoms with Crippen LogP contribution >= 0.6 is 0 Å². The van der Waals surface area contributed by atoms with Crippen LogP contribution in [0.4, 0.5) is 4.79 Å². The highest BCUT2D eigenvalue weighted by atomic mass is 32.2. The van der Waals surface area contributed by atoms with Gasteiger partial charge in [-0.15, -0.1) is 0 Å². The number of urea groups is 1. The second-order valence-electron chi connectivity index (χ2n) is 5.14. The van der Waals surface area contributed by atoms with Gasteiger partial charge in [-0.05, 0) is 12.8 Å². The topological polar surface area (TPSA) is 95.0 Å². The van der Waals surface area contributed by atoms with Gasteiger partial charge in [-0.1, -0.05) is 13.3 Å². The molecule has 1 rings (SSSR count). The van der Waals surface area contributed by atoms with E-state index in [1.54, 1.807) is 7.05 Å². The van der Waals surface area contributed by atoms with E-state index in [0.29, 0.717) is 13.0 Å². The van der Waals surface area contributed by atoms with Crippen LogP contribution < -0.4 is 0 Å². The molecule has 1 fully saturated rings. The summed E-state index contributed by atoms with van der Waals surface area (Å²) in [6.07, 6.45) is 2.06. The summed E-state index contributed by atoms with van der Waals surface area (Å²) < 4.78 is 23.0. The van der Waals surface area contributed by atoms with Gasteiger partial charge in [0.2, 0.25) is 0 Å². The van der Waals surface area contributed by atoms with Crippen molar-refractivity contribution in [3.8, 4) is 0 Å². The molecule has 8 heteroatoms. The number of rotatable bonds is 6. The molecule has 2 amide bonds. The van der Waals surface area contributed by atoms with Gasteiger partial charge < -0.3 is 14.9 Å². The van der Waals surface area contributed by atoms with Gasteiger partial charge in [-0.3, -0.25) is 4.79 Å². The lowest BCUT2D eigenvalue weighted by Crippen LogP contribution is -2.49. The van der Waals surface area contributed by atoms with Crippen molar-refractivity contribution in [1.82, 2.24) is 9.80 Å². The smallest absolute Gasteiger partial charge is 0.323 e. The molecule has 20 heavy (non-hydrogen) atoms. The van der Waals surface area contributed by atoms with Crippen molar-refractivity contribution in [2.45, 2.75) is 32.2 Å². The third-order valence-corrected chi connectivity index (χ3v) is 5.12. The van der Waals surface area contributed by atoms with Crippen LogP contribution in [0.2, 0.25) is 0 Å². The average molecular weight is 306 g/mol. The summed E-state index contributed by atoms with van der Waals surface area (Å²) >= 11 is 0. The highest BCUT2D eigenvalue weighted by molar-refractivity contribution is 7.91. The molecule has 0 aromatic carbocycles. The largest absolute Gasteiger partial charge is 0.480 e. The van der Waals surface area contributed by atoms with Gasteiger partial charge in [0.05, 0.1) is 11.5 Å². The van der Waals surface area contributed by atoms with Crippen LogP contribution in [0.3, 0.4) is 0 Å². The first-order valence-corrected chi connectivity index (χ1v) is 8.53.